The molecule has 1 amide bonds. The van der Waals surface area contributed by atoms with Crippen molar-refractivity contribution in [3.05, 3.63) is 35.4 Å². The zero-order chi connectivity index (χ0) is 14.9. The number of nitrogens with one attached hydrogen (secondary N) is 1. The van der Waals surface area contributed by atoms with Gasteiger partial charge in [0.2, 0.25) is 0 Å². The molecule has 1 atom stereocenters. The van der Waals surface area contributed by atoms with E-state index in [2.05, 4.69) is 5.32 Å². The molecule has 0 saturated carbocycles. The van der Waals surface area contributed by atoms with E-state index in [0.717, 1.165) is 32.7 Å². The Morgan fingerprint density at radius 2 is 2.24 bits per heavy atom. The molecule has 2 rings (SSSR count). The fraction of sp³-hybridized carbons (Fsp3) is 0.500. The second-order valence-corrected chi connectivity index (χ2v) is 5.10. The summed E-state index contributed by atoms with van der Waals surface area (Å²) in [7, 11) is 0. The first-order chi connectivity index (χ1) is 10.3. The van der Waals surface area contributed by atoms with Crippen LogP contribution in [0.4, 0.5) is 0 Å². The van der Waals surface area contributed by atoms with Crippen LogP contribution in [-0.4, -0.2) is 38.9 Å². The highest BCUT2D eigenvalue weighted by Gasteiger charge is 2.15. The maximum Gasteiger partial charge on any atom is 0.251 e. The van der Waals surface area contributed by atoms with Gasteiger partial charge in [0.25, 0.3) is 5.91 Å². The molecule has 21 heavy (non-hydrogen) atoms. The van der Waals surface area contributed by atoms with Gasteiger partial charge < -0.3 is 14.8 Å². The predicted octanol–water partition coefficient (Wildman–Crippen LogP) is 1.73. The average molecular weight is 288 g/mol. The smallest absolute Gasteiger partial charge is 0.251 e. The molecule has 1 aromatic rings. The third kappa shape index (κ3) is 5.18. The Labute approximate surface area is 124 Å². The van der Waals surface area contributed by atoms with Gasteiger partial charge in [0, 0.05) is 31.2 Å². The third-order valence-corrected chi connectivity index (χ3v) is 3.40. The summed E-state index contributed by atoms with van der Waals surface area (Å²) in [4.78, 5) is 11.8. The van der Waals surface area contributed by atoms with Gasteiger partial charge in [-0.2, -0.15) is 5.26 Å². The molecular weight excluding hydrogens is 268 g/mol. The number of benzene rings is 1. The summed E-state index contributed by atoms with van der Waals surface area (Å²) in [5, 5.41) is 11.5. The number of nitriles is 1. The quantitative estimate of drug-likeness (QED) is 0.776. The number of carbonyl (C=O) groups is 1. The van der Waals surface area contributed by atoms with Gasteiger partial charge in [-0.15, -0.1) is 0 Å². The lowest BCUT2D eigenvalue weighted by atomic mass is 10.1. The number of nitrogens with zero attached hydrogens (tertiary/aromatic N) is 1. The van der Waals surface area contributed by atoms with Gasteiger partial charge in [0.15, 0.2) is 0 Å². The number of amides is 1. The van der Waals surface area contributed by atoms with Crippen LogP contribution in [0.2, 0.25) is 0 Å². The van der Waals surface area contributed by atoms with Crippen LogP contribution < -0.4 is 5.32 Å². The lowest BCUT2D eigenvalue weighted by molar-refractivity contribution is 0.0853. The number of hydrogen-bond donors (Lipinski definition) is 1. The summed E-state index contributed by atoms with van der Waals surface area (Å²) >= 11 is 0. The Bertz CT molecular complexity index is 487. The molecule has 1 fully saturated rings. The second kappa shape index (κ2) is 8.40. The maximum absolute atomic E-state index is 11.8. The summed E-state index contributed by atoms with van der Waals surface area (Å²) < 4.78 is 10.8. The minimum atomic E-state index is -0.122. The highest BCUT2D eigenvalue weighted by Crippen LogP contribution is 2.12. The molecule has 1 N–H and O–H groups in total. The maximum atomic E-state index is 11.8. The van der Waals surface area contributed by atoms with Crippen LogP contribution in [0.1, 0.15) is 28.8 Å². The SMILES string of the molecule is N#Cc1ccc(C(=O)NCCCOC[C@H]2CCOC2)cc1. The van der Waals surface area contributed by atoms with Crippen LogP contribution in [0, 0.1) is 17.2 Å². The van der Waals surface area contributed by atoms with Crippen molar-refractivity contribution in [3.8, 4) is 6.07 Å². The van der Waals surface area contributed by atoms with E-state index in [1.807, 2.05) is 6.07 Å². The molecular formula is C16H20N2O3. The standard InChI is InChI=1S/C16H20N2O3/c17-10-13-2-4-15(5-3-13)16(19)18-7-1-8-20-11-14-6-9-21-12-14/h2-5,14H,1,6-9,11-12H2,(H,18,19)/t14-/m1/s1. The van der Waals surface area contributed by atoms with Crippen molar-refractivity contribution in [2.24, 2.45) is 5.92 Å². The summed E-state index contributed by atoms with van der Waals surface area (Å²) in [6, 6.07) is 8.62. The van der Waals surface area contributed by atoms with Crippen molar-refractivity contribution in [3.63, 3.8) is 0 Å². The zero-order valence-corrected chi connectivity index (χ0v) is 12.0. The van der Waals surface area contributed by atoms with E-state index in [-0.39, 0.29) is 5.91 Å². The van der Waals surface area contributed by atoms with E-state index in [1.54, 1.807) is 24.3 Å². The molecule has 0 bridgehead atoms. The predicted molar refractivity (Wildman–Crippen MR) is 77.9 cm³/mol. The molecule has 0 aromatic heterocycles. The van der Waals surface area contributed by atoms with Gasteiger partial charge in [0.05, 0.1) is 24.8 Å². The molecule has 1 aliphatic rings. The highest BCUT2D eigenvalue weighted by molar-refractivity contribution is 5.94. The Morgan fingerprint density at radius 3 is 2.90 bits per heavy atom. The number of hydrogen-bond acceptors (Lipinski definition) is 4. The molecule has 0 spiro atoms. The van der Waals surface area contributed by atoms with Crippen LogP contribution in [0.15, 0.2) is 24.3 Å². The molecule has 0 radical (unpaired) electrons. The van der Waals surface area contributed by atoms with Crippen molar-refractivity contribution in [2.45, 2.75) is 12.8 Å². The molecule has 5 nitrogen and oxygen atoms in total. The van der Waals surface area contributed by atoms with Crippen molar-refractivity contribution in [1.82, 2.24) is 5.32 Å². The van der Waals surface area contributed by atoms with Gasteiger partial charge >= 0.3 is 0 Å². The third-order valence-electron chi connectivity index (χ3n) is 3.40. The monoisotopic (exact) mass is 288 g/mol. The summed E-state index contributed by atoms with van der Waals surface area (Å²) in [5.41, 5.74) is 1.12. The van der Waals surface area contributed by atoms with E-state index in [1.165, 1.54) is 0 Å². The first-order valence-corrected chi connectivity index (χ1v) is 7.23. The van der Waals surface area contributed by atoms with Crippen molar-refractivity contribution < 1.29 is 14.3 Å². The minimum absolute atomic E-state index is 0.122. The fourth-order valence-corrected chi connectivity index (χ4v) is 2.14. The van der Waals surface area contributed by atoms with Crippen LogP contribution in [0.25, 0.3) is 0 Å². The Hall–Kier alpha value is -1.90. The van der Waals surface area contributed by atoms with E-state index in [4.69, 9.17) is 14.7 Å². The lowest BCUT2D eigenvalue weighted by Crippen LogP contribution is -2.25. The molecule has 1 aliphatic heterocycles. The molecule has 1 aromatic carbocycles. The normalized spacial score (nSPS) is 17.4. The van der Waals surface area contributed by atoms with Crippen molar-refractivity contribution in [2.75, 3.05) is 33.0 Å². The summed E-state index contributed by atoms with van der Waals surface area (Å²) in [6.07, 6.45) is 1.87. The van der Waals surface area contributed by atoms with E-state index in [9.17, 15) is 4.79 Å². The van der Waals surface area contributed by atoms with Crippen LogP contribution in [0.5, 0.6) is 0 Å². The second-order valence-electron chi connectivity index (χ2n) is 5.10. The lowest BCUT2D eigenvalue weighted by Gasteiger charge is -2.09. The van der Waals surface area contributed by atoms with Gasteiger partial charge in [-0.05, 0) is 37.1 Å². The average Bonchev–Trinajstić information content (AvgIpc) is 3.04. The number of carbonyl (C=O) groups excluding carboxylic acids is 1. The van der Waals surface area contributed by atoms with Crippen molar-refractivity contribution in [1.29, 1.82) is 5.26 Å². The summed E-state index contributed by atoms with van der Waals surface area (Å²) in [5.74, 6) is 0.405. The van der Waals surface area contributed by atoms with E-state index >= 15 is 0 Å². The van der Waals surface area contributed by atoms with Gasteiger partial charge in [-0.1, -0.05) is 0 Å². The Morgan fingerprint density at radius 1 is 1.43 bits per heavy atom. The minimum Gasteiger partial charge on any atom is -0.381 e. The highest BCUT2D eigenvalue weighted by atomic mass is 16.5. The zero-order valence-electron chi connectivity index (χ0n) is 12.0. The Kier molecular flexibility index (Phi) is 6.20. The molecule has 1 saturated heterocycles. The van der Waals surface area contributed by atoms with Gasteiger partial charge in [-0.3, -0.25) is 4.79 Å². The molecule has 0 unspecified atom stereocenters. The van der Waals surface area contributed by atoms with E-state index < -0.39 is 0 Å². The molecule has 5 heteroatoms. The first-order valence-electron chi connectivity index (χ1n) is 7.23. The first kappa shape index (κ1) is 15.5. The summed E-state index contributed by atoms with van der Waals surface area (Å²) in [6.45, 7) is 3.61. The molecule has 0 aliphatic carbocycles. The van der Waals surface area contributed by atoms with Crippen molar-refractivity contribution >= 4 is 5.91 Å². The Balaban J connectivity index is 1.57. The molecule has 112 valence electrons. The topological polar surface area (TPSA) is 71.4 Å². The fourth-order valence-electron chi connectivity index (χ4n) is 2.14. The van der Waals surface area contributed by atoms with Crippen LogP contribution in [-0.2, 0) is 9.47 Å². The largest absolute Gasteiger partial charge is 0.381 e. The van der Waals surface area contributed by atoms with Gasteiger partial charge in [-0.25, -0.2) is 0 Å². The van der Waals surface area contributed by atoms with Gasteiger partial charge in [0.1, 0.15) is 0 Å². The number of rotatable bonds is 7. The van der Waals surface area contributed by atoms with Crippen LogP contribution in [0.3, 0.4) is 0 Å². The molecule has 1 heterocycles. The number of ether oxygens (including phenoxy) is 2. The van der Waals surface area contributed by atoms with Crippen LogP contribution >= 0.6 is 0 Å². The van der Waals surface area contributed by atoms with E-state index in [0.29, 0.717) is 30.2 Å².